The van der Waals surface area contributed by atoms with Crippen molar-refractivity contribution in [3.63, 3.8) is 0 Å². The predicted octanol–water partition coefficient (Wildman–Crippen LogP) is 2.84. The van der Waals surface area contributed by atoms with Crippen molar-refractivity contribution in [1.82, 2.24) is 14.6 Å². The van der Waals surface area contributed by atoms with Crippen molar-refractivity contribution in [2.45, 2.75) is 4.90 Å². The molecule has 22 heavy (non-hydrogen) atoms. The van der Waals surface area contributed by atoms with Crippen LogP contribution in [0, 0.1) is 10.1 Å². The molecule has 0 saturated carbocycles. The third-order valence-corrected chi connectivity index (χ3v) is 3.97. The molecule has 2 heterocycles. The second-order valence-electron chi connectivity index (χ2n) is 4.45. The maximum atomic E-state index is 10.9. The smallest absolute Gasteiger partial charge is 0.366 e. The number of thioether (sulfide) groups is 1. The Balaban J connectivity index is 1.62. The Morgan fingerprint density at radius 3 is 2.82 bits per heavy atom. The summed E-state index contributed by atoms with van der Waals surface area (Å²) in [5.74, 6) is 1.31. The monoisotopic (exact) mass is 315 g/mol. The molecule has 0 aliphatic rings. The van der Waals surface area contributed by atoms with Gasteiger partial charge in [-0.15, -0.1) is 11.8 Å². The van der Waals surface area contributed by atoms with Gasteiger partial charge in [0, 0.05) is 23.3 Å². The molecule has 0 aliphatic heterocycles. The summed E-state index contributed by atoms with van der Waals surface area (Å²) in [6, 6.07) is 13.6. The molecule has 0 radical (unpaired) electrons. The number of fused-ring (bicyclic) bond motifs is 1. The molecule has 1 aromatic carbocycles. The molecule has 0 atom stereocenters. The lowest BCUT2D eigenvalue weighted by molar-refractivity contribution is -0.391. The average Bonchev–Trinajstić information content (AvgIpc) is 2.96. The van der Waals surface area contributed by atoms with Gasteiger partial charge in [0.2, 0.25) is 5.65 Å². The molecular formula is C14H13N5O2S. The van der Waals surface area contributed by atoms with Crippen LogP contribution in [-0.2, 0) is 0 Å². The van der Waals surface area contributed by atoms with Gasteiger partial charge in [0.1, 0.15) is 6.20 Å². The average molecular weight is 315 g/mol. The van der Waals surface area contributed by atoms with E-state index < -0.39 is 4.92 Å². The summed E-state index contributed by atoms with van der Waals surface area (Å²) in [5.41, 5.74) is 0.455. The van der Waals surface area contributed by atoms with Crippen molar-refractivity contribution in [3.8, 4) is 0 Å². The highest BCUT2D eigenvalue weighted by atomic mass is 32.2. The fourth-order valence-corrected chi connectivity index (χ4v) is 2.73. The quantitative estimate of drug-likeness (QED) is 0.326. The van der Waals surface area contributed by atoms with E-state index in [1.54, 1.807) is 23.9 Å². The zero-order valence-corrected chi connectivity index (χ0v) is 12.4. The molecule has 3 aromatic rings. The molecule has 0 bridgehead atoms. The van der Waals surface area contributed by atoms with Gasteiger partial charge in [0.05, 0.1) is 0 Å². The standard InChI is InChI=1S/C14H13N5O2S/c20-19(21)14-10-16-13-7-6-12(17-18(13)14)15-8-9-22-11-4-2-1-3-5-11/h1-7,10H,8-9H2,(H,15,17). The van der Waals surface area contributed by atoms with Gasteiger partial charge in [-0.2, -0.15) is 0 Å². The number of nitrogens with one attached hydrogen (secondary N) is 1. The fourth-order valence-electron chi connectivity index (χ4n) is 1.94. The SMILES string of the molecule is O=[N+]([O-])c1cnc2ccc(NCCSc3ccccc3)nn12. The van der Waals surface area contributed by atoms with Crippen LogP contribution in [0.1, 0.15) is 0 Å². The number of nitro groups is 1. The maximum absolute atomic E-state index is 10.9. The van der Waals surface area contributed by atoms with Crippen LogP contribution in [0.3, 0.4) is 0 Å². The van der Waals surface area contributed by atoms with Gasteiger partial charge in [0.15, 0.2) is 5.82 Å². The van der Waals surface area contributed by atoms with Gasteiger partial charge in [-0.05, 0) is 23.1 Å². The van der Waals surface area contributed by atoms with Crippen LogP contribution in [0.4, 0.5) is 11.6 Å². The summed E-state index contributed by atoms with van der Waals surface area (Å²) in [7, 11) is 0. The molecule has 0 amide bonds. The molecule has 0 aliphatic carbocycles. The third kappa shape index (κ3) is 3.17. The molecule has 1 N–H and O–H groups in total. The van der Waals surface area contributed by atoms with Gasteiger partial charge < -0.3 is 15.4 Å². The van der Waals surface area contributed by atoms with E-state index in [2.05, 4.69) is 27.5 Å². The number of hydrogen-bond acceptors (Lipinski definition) is 6. The van der Waals surface area contributed by atoms with Crippen molar-refractivity contribution in [2.75, 3.05) is 17.6 Å². The van der Waals surface area contributed by atoms with Gasteiger partial charge >= 0.3 is 5.82 Å². The topological polar surface area (TPSA) is 85.4 Å². The maximum Gasteiger partial charge on any atom is 0.368 e. The minimum Gasteiger partial charge on any atom is -0.366 e. The van der Waals surface area contributed by atoms with Crippen LogP contribution in [0.2, 0.25) is 0 Å². The zero-order valence-electron chi connectivity index (χ0n) is 11.5. The molecule has 0 saturated heterocycles. The van der Waals surface area contributed by atoms with Gasteiger partial charge in [0.25, 0.3) is 0 Å². The van der Waals surface area contributed by atoms with E-state index in [9.17, 15) is 10.1 Å². The van der Waals surface area contributed by atoms with E-state index in [-0.39, 0.29) is 5.82 Å². The van der Waals surface area contributed by atoms with Crippen LogP contribution in [0.25, 0.3) is 5.65 Å². The summed E-state index contributed by atoms with van der Waals surface area (Å²) in [4.78, 5) is 15.5. The highest BCUT2D eigenvalue weighted by Gasteiger charge is 2.15. The molecule has 112 valence electrons. The Hall–Kier alpha value is -2.61. The second-order valence-corrected chi connectivity index (χ2v) is 5.62. The van der Waals surface area contributed by atoms with Crippen molar-refractivity contribution >= 4 is 29.0 Å². The highest BCUT2D eigenvalue weighted by molar-refractivity contribution is 7.99. The molecule has 8 heteroatoms. The molecule has 0 spiro atoms. The number of hydrogen-bond donors (Lipinski definition) is 1. The van der Waals surface area contributed by atoms with Gasteiger partial charge in [-0.1, -0.05) is 27.8 Å². The number of benzene rings is 1. The second kappa shape index (κ2) is 6.44. The molecule has 3 rings (SSSR count). The minimum absolute atomic E-state index is 0.141. The van der Waals surface area contributed by atoms with Crippen LogP contribution in [0.5, 0.6) is 0 Å². The number of anilines is 1. The third-order valence-electron chi connectivity index (χ3n) is 2.95. The normalized spacial score (nSPS) is 10.7. The van der Waals surface area contributed by atoms with Crippen LogP contribution >= 0.6 is 11.8 Å². The van der Waals surface area contributed by atoms with E-state index in [1.165, 1.54) is 15.6 Å². The number of aromatic nitrogens is 3. The first-order chi connectivity index (χ1) is 10.7. The van der Waals surface area contributed by atoms with Gasteiger partial charge in [-0.3, -0.25) is 0 Å². The zero-order chi connectivity index (χ0) is 15.4. The fraction of sp³-hybridized carbons (Fsp3) is 0.143. The van der Waals surface area contributed by atoms with Crippen molar-refractivity contribution < 1.29 is 4.92 Å². The van der Waals surface area contributed by atoms with Crippen molar-refractivity contribution in [2.24, 2.45) is 0 Å². The lowest BCUT2D eigenvalue weighted by Gasteiger charge is -2.04. The molecule has 0 fully saturated rings. The Labute approximate surface area is 130 Å². The van der Waals surface area contributed by atoms with Gasteiger partial charge in [-0.25, -0.2) is 4.98 Å². The van der Waals surface area contributed by atoms with Crippen LogP contribution in [0.15, 0.2) is 53.6 Å². The van der Waals surface area contributed by atoms with Crippen LogP contribution in [-0.4, -0.2) is 31.8 Å². The van der Waals surface area contributed by atoms with E-state index >= 15 is 0 Å². The largest absolute Gasteiger partial charge is 0.368 e. The summed E-state index contributed by atoms with van der Waals surface area (Å²) >= 11 is 1.74. The molecule has 7 nitrogen and oxygen atoms in total. The first-order valence-corrected chi connectivity index (χ1v) is 7.63. The summed E-state index contributed by atoms with van der Waals surface area (Å²) in [6.07, 6.45) is 1.21. The van der Waals surface area contributed by atoms with Crippen LogP contribution < -0.4 is 5.32 Å². The Morgan fingerprint density at radius 1 is 1.23 bits per heavy atom. The molecular weight excluding hydrogens is 302 g/mol. The van der Waals surface area contributed by atoms with E-state index in [0.29, 0.717) is 18.0 Å². The number of nitrogens with zero attached hydrogens (tertiary/aromatic N) is 4. The number of imidazole rings is 1. The van der Waals surface area contributed by atoms with Crippen molar-refractivity contribution in [3.05, 3.63) is 58.8 Å². The lowest BCUT2D eigenvalue weighted by Crippen LogP contribution is -2.08. The Bertz CT molecular complexity index is 790. The summed E-state index contributed by atoms with van der Waals surface area (Å²) in [5, 5.41) is 18.2. The first-order valence-electron chi connectivity index (χ1n) is 6.65. The minimum atomic E-state index is -0.498. The first kappa shape index (κ1) is 14.3. The number of rotatable bonds is 6. The van der Waals surface area contributed by atoms with E-state index in [0.717, 1.165) is 5.75 Å². The van der Waals surface area contributed by atoms with E-state index in [1.807, 2.05) is 18.2 Å². The molecule has 0 unspecified atom stereocenters. The molecule has 2 aromatic heterocycles. The Morgan fingerprint density at radius 2 is 2.05 bits per heavy atom. The predicted molar refractivity (Wildman–Crippen MR) is 85.3 cm³/mol. The lowest BCUT2D eigenvalue weighted by atomic mass is 10.4. The summed E-state index contributed by atoms with van der Waals surface area (Å²) in [6.45, 7) is 0.709. The Kier molecular flexibility index (Phi) is 4.19. The van der Waals surface area contributed by atoms with Crippen molar-refractivity contribution in [1.29, 1.82) is 0 Å². The highest BCUT2D eigenvalue weighted by Crippen LogP contribution is 2.17. The summed E-state index contributed by atoms with van der Waals surface area (Å²) < 4.78 is 1.23. The van der Waals surface area contributed by atoms with E-state index in [4.69, 9.17) is 0 Å².